The Balaban J connectivity index is 1.96. The molecule has 18 heavy (non-hydrogen) atoms. The van der Waals surface area contributed by atoms with E-state index in [9.17, 15) is 4.79 Å². The van der Waals surface area contributed by atoms with E-state index in [2.05, 4.69) is 15.3 Å². The highest BCUT2D eigenvalue weighted by atomic mass is 16.5. The second-order valence-corrected chi connectivity index (χ2v) is 4.29. The average Bonchev–Trinajstić information content (AvgIpc) is 2.41. The number of nitrogens with one attached hydrogen (secondary N) is 1. The molecule has 0 spiro atoms. The number of aromatic nitrogens is 2. The summed E-state index contributed by atoms with van der Waals surface area (Å²) in [5, 5.41) is 3.10. The van der Waals surface area contributed by atoms with Gasteiger partial charge in [-0.3, -0.25) is 9.78 Å². The van der Waals surface area contributed by atoms with Gasteiger partial charge in [-0.15, -0.1) is 0 Å². The summed E-state index contributed by atoms with van der Waals surface area (Å²) in [7, 11) is 0. The second kappa shape index (κ2) is 5.77. The van der Waals surface area contributed by atoms with Crippen molar-refractivity contribution >= 4 is 11.7 Å². The van der Waals surface area contributed by atoms with Gasteiger partial charge < -0.3 is 15.0 Å². The standard InChI is InChI=1S/C12H18N4O2/c1-9-11(14-4-3-13-9)15-10(2)12(17)16-5-7-18-8-6-16/h3-4,10H,5-8H2,1-2H3,(H,14,15). The summed E-state index contributed by atoms with van der Waals surface area (Å²) in [5.74, 6) is 0.731. The molecule has 1 N–H and O–H groups in total. The largest absolute Gasteiger partial charge is 0.378 e. The SMILES string of the molecule is Cc1nccnc1NC(C)C(=O)N1CCOCC1. The minimum Gasteiger partial charge on any atom is -0.378 e. The first-order valence-corrected chi connectivity index (χ1v) is 6.09. The molecule has 98 valence electrons. The number of hydrogen-bond acceptors (Lipinski definition) is 5. The Morgan fingerprint density at radius 1 is 1.39 bits per heavy atom. The summed E-state index contributed by atoms with van der Waals surface area (Å²) >= 11 is 0. The van der Waals surface area contributed by atoms with Gasteiger partial charge in [-0.1, -0.05) is 0 Å². The summed E-state index contributed by atoms with van der Waals surface area (Å²) in [4.78, 5) is 22.3. The van der Waals surface area contributed by atoms with Gasteiger partial charge in [0.25, 0.3) is 0 Å². The Labute approximate surface area is 106 Å². The molecule has 0 saturated carbocycles. The van der Waals surface area contributed by atoms with E-state index in [1.54, 1.807) is 12.4 Å². The van der Waals surface area contributed by atoms with Crippen LogP contribution in [0.25, 0.3) is 0 Å². The molecule has 1 amide bonds. The lowest BCUT2D eigenvalue weighted by molar-refractivity contribution is -0.135. The predicted molar refractivity (Wildman–Crippen MR) is 67.3 cm³/mol. The van der Waals surface area contributed by atoms with E-state index in [0.29, 0.717) is 32.1 Å². The quantitative estimate of drug-likeness (QED) is 0.843. The van der Waals surface area contributed by atoms with Crippen molar-refractivity contribution in [2.24, 2.45) is 0 Å². The molecule has 1 aliphatic heterocycles. The highest BCUT2D eigenvalue weighted by Gasteiger charge is 2.22. The second-order valence-electron chi connectivity index (χ2n) is 4.29. The summed E-state index contributed by atoms with van der Waals surface area (Å²) in [6.45, 7) is 6.24. The maximum Gasteiger partial charge on any atom is 0.244 e. The van der Waals surface area contributed by atoms with Crippen molar-refractivity contribution in [1.82, 2.24) is 14.9 Å². The first kappa shape index (κ1) is 12.8. The van der Waals surface area contributed by atoms with E-state index in [0.717, 1.165) is 5.69 Å². The molecule has 2 heterocycles. The van der Waals surface area contributed by atoms with E-state index in [-0.39, 0.29) is 11.9 Å². The van der Waals surface area contributed by atoms with Crippen LogP contribution in [-0.2, 0) is 9.53 Å². The molecule has 1 aliphatic rings. The summed E-state index contributed by atoms with van der Waals surface area (Å²) < 4.78 is 5.23. The molecule has 1 fully saturated rings. The van der Waals surface area contributed by atoms with Crippen molar-refractivity contribution < 1.29 is 9.53 Å². The zero-order valence-corrected chi connectivity index (χ0v) is 10.7. The number of aryl methyl sites for hydroxylation is 1. The number of anilines is 1. The highest BCUT2D eigenvalue weighted by molar-refractivity contribution is 5.84. The fraction of sp³-hybridized carbons (Fsp3) is 0.583. The lowest BCUT2D eigenvalue weighted by Crippen LogP contribution is -2.47. The van der Waals surface area contributed by atoms with Crippen molar-refractivity contribution in [1.29, 1.82) is 0 Å². The van der Waals surface area contributed by atoms with Crippen LogP contribution in [0.5, 0.6) is 0 Å². The van der Waals surface area contributed by atoms with Gasteiger partial charge >= 0.3 is 0 Å². The molecular formula is C12H18N4O2. The molecule has 1 unspecified atom stereocenters. The van der Waals surface area contributed by atoms with Gasteiger partial charge in [0.2, 0.25) is 5.91 Å². The van der Waals surface area contributed by atoms with Crippen LogP contribution in [0.3, 0.4) is 0 Å². The van der Waals surface area contributed by atoms with Gasteiger partial charge in [0.05, 0.1) is 18.9 Å². The van der Waals surface area contributed by atoms with Gasteiger partial charge in [0.1, 0.15) is 11.9 Å². The molecular weight excluding hydrogens is 232 g/mol. The highest BCUT2D eigenvalue weighted by Crippen LogP contribution is 2.10. The Hall–Kier alpha value is -1.69. The van der Waals surface area contributed by atoms with Crippen LogP contribution in [0.2, 0.25) is 0 Å². The van der Waals surface area contributed by atoms with Crippen LogP contribution in [0, 0.1) is 6.92 Å². The smallest absolute Gasteiger partial charge is 0.244 e. The predicted octanol–water partition coefficient (Wildman–Crippen LogP) is 0.444. The van der Waals surface area contributed by atoms with Crippen molar-refractivity contribution in [3.63, 3.8) is 0 Å². The maximum atomic E-state index is 12.2. The molecule has 0 bridgehead atoms. The molecule has 1 aromatic heterocycles. The topological polar surface area (TPSA) is 67.4 Å². The van der Waals surface area contributed by atoms with E-state index in [1.807, 2.05) is 18.7 Å². The summed E-state index contributed by atoms with van der Waals surface area (Å²) in [6.07, 6.45) is 3.25. The van der Waals surface area contributed by atoms with Gasteiger partial charge in [-0.05, 0) is 13.8 Å². The Bertz CT molecular complexity index is 418. The van der Waals surface area contributed by atoms with Gasteiger partial charge in [0.15, 0.2) is 0 Å². The Kier molecular flexibility index (Phi) is 4.09. The number of ether oxygens (including phenoxy) is 1. The number of morpholine rings is 1. The third kappa shape index (κ3) is 2.95. The van der Waals surface area contributed by atoms with Gasteiger partial charge in [0, 0.05) is 25.5 Å². The Morgan fingerprint density at radius 2 is 2.06 bits per heavy atom. The zero-order chi connectivity index (χ0) is 13.0. The number of hydrogen-bond donors (Lipinski definition) is 1. The molecule has 1 atom stereocenters. The minimum atomic E-state index is -0.307. The van der Waals surface area contributed by atoms with Crippen molar-refractivity contribution in [2.45, 2.75) is 19.9 Å². The fourth-order valence-corrected chi connectivity index (χ4v) is 1.87. The van der Waals surface area contributed by atoms with E-state index in [1.165, 1.54) is 0 Å². The Morgan fingerprint density at radius 3 is 2.72 bits per heavy atom. The van der Waals surface area contributed by atoms with Gasteiger partial charge in [-0.25, -0.2) is 4.98 Å². The number of nitrogens with zero attached hydrogens (tertiary/aromatic N) is 3. The minimum absolute atomic E-state index is 0.0725. The molecule has 2 rings (SSSR count). The van der Waals surface area contributed by atoms with Crippen LogP contribution < -0.4 is 5.32 Å². The first-order chi connectivity index (χ1) is 8.68. The number of rotatable bonds is 3. The molecule has 6 nitrogen and oxygen atoms in total. The molecule has 0 aromatic carbocycles. The molecule has 1 saturated heterocycles. The first-order valence-electron chi connectivity index (χ1n) is 6.09. The molecule has 0 radical (unpaired) electrons. The van der Waals surface area contributed by atoms with Gasteiger partial charge in [-0.2, -0.15) is 0 Å². The normalized spacial score (nSPS) is 17.3. The average molecular weight is 250 g/mol. The van der Waals surface area contributed by atoms with E-state index >= 15 is 0 Å². The number of carbonyl (C=O) groups excluding carboxylic acids is 1. The molecule has 6 heteroatoms. The van der Waals surface area contributed by atoms with Crippen LogP contribution in [0.4, 0.5) is 5.82 Å². The third-order valence-electron chi connectivity index (χ3n) is 2.93. The maximum absolute atomic E-state index is 12.2. The third-order valence-corrected chi connectivity index (χ3v) is 2.93. The summed E-state index contributed by atoms with van der Waals surface area (Å²) in [6, 6.07) is -0.307. The zero-order valence-electron chi connectivity index (χ0n) is 10.7. The monoisotopic (exact) mass is 250 g/mol. The fourth-order valence-electron chi connectivity index (χ4n) is 1.87. The van der Waals surface area contributed by atoms with Crippen molar-refractivity contribution in [2.75, 3.05) is 31.6 Å². The van der Waals surface area contributed by atoms with E-state index in [4.69, 9.17) is 4.74 Å². The van der Waals surface area contributed by atoms with E-state index < -0.39 is 0 Å². The molecule has 0 aliphatic carbocycles. The molecule has 1 aromatic rings. The number of carbonyl (C=O) groups is 1. The summed E-state index contributed by atoms with van der Waals surface area (Å²) in [5.41, 5.74) is 0.791. The van der Waals surface area contributed by atoms with Crippen molar-refractivity contribution in [3.8, 4) is 0 Å². The van der Waals surface area contributed by atoms with Crippen LogP contribution in [0.15, 0.2) is 12.4 Å². The van der Waals surface area contributed by atoms with Crippen LogP contribution >= 0.6 is 0 Å². The van der Waals surface area contributed by atoms with Crippen molar-refractivity contribution in [3.05, 3.63) is 18.1 Å². The lowest BCUT2D eigenvalue weighted by Gasteiger charge is -2.29. The lowest BCUT2D eigenvalue weighted by atomic mass is 10.2. The van der Waals surface area contributed by atoms with Crippen LogP contribution in [0.1, 0.15) is 12.6 Å². The van der Waals surface area contributed by atoms with Crippen LogP contribution in [-0.4, -0.2) is 53.1 Å². The number of amides is 1.